The number of hydrogen-bond acceptors (Lipinski definition) is 3. The van der Waals surface area contributed by atoms with Crippen molar-refractivity contribution in [3.63, 3.8) is 0 Å². The van der Waals surface area contributed by atoms with Gasteiger partial charge in [0.2, 0.25) is 0 Å². The fourth-order valence-corrected chi connectivity index (χ4v) is 1.53. The van der Waals surface area contributed by atoms with Gasteiger partial charge in [0.15, 0.2) is 0 Å². The van der Waals surface area contributed by atoms with Crippen LogP contribution in [0.15, 0.2) is 0 Å². The summed E-state index contributed by atoms with van der Waals surface area (Å²) in [6.07, 6.45) is 2.77. The molecule has 1 atom stereocenters. The number of hydrogen-bond donors (Lipinski definition) is 3. The van der Waals surface area contributed by atoms with Crippen molar-refractivity contribution in [3.05, 3.63) is 0 Å². The van der Waals surface area contributed by atoms with E-state index in [-0.39, 0.29) is 0 Å². The lowest BCUT2D eigenvalue weighted by atomic mass is 9.93. The fraction of sp³-hybridized carbons (Fsp3) is 0.857. The molecule has 11 heavy (non-hydrogen) atoms. The average molecular weight is 159 g/mol. The average Bonchev–Trinajstić information content (AvgIpc) is 2.35. The minimum absolute atomic E-state index is 0.514. The van der Waals surface area contributed by atoms with E-state index in [0.29, 0.717) is 12.8 Å². The van der Waals surface area contributed by atoms with Gasteiger partial charge in [-0.3, -0.25) is 4.79 Å². The van der Waals surface area contributed by atoms with Crippen LogP contribution in [-0.4, -0.2) is 27.8 Å². The van der Waals surface area contributed by atoms with E-state index in [1.165, 1.54) is 0 Å². The second-order valence-electron chi connectivity index (χ2n) is 3.13. The molecular formula is C7H13NO3. The molecule has 0 heterocycles. The van der Waals surface area contributed by atoms with E-state index >= 15 is 0 Å². The standard InChI is InChI=1S/C7H13NO3/c8-5(6(9)10)7(11)3-1-2-4-7/h5,11H,1-4,8H2,(H,9,10). The van der Waals surface area contributed by atoms with Crippen molar-refractivity contribution in [2.24, 2.45) is 5.73 Å². The Morgan fingerprint density at radius 2 is 1.91 bits per heavy atom. The molecule has 64 valence electrons. The first-order chi connectivity index (χ1) is 5.06. The number of nitrogens with two attached hydrogens (primary N) is 1. The smallest absolute Gasteiger partial charge is 0.323 e. The topological polar surface area (TPSA) is 83.6 Å². The zero-order valence-corrected chi connectivity index (χ0v) is 6.29. The molecule has 1 unspecified atom stereocenters. The van der Waals surface area contributed by atoms with Gasteiger partial charge in [-0.15, -0.1) is 0 Å². The molecule has 1 aliphatic carbocycles. The van der Waals surface area contributed by atoms with Crippen LogP contribution in [0.4, 0.5) is 0 Å². The number of rotatable bonds is 2. The molecule has 0 aromatic rings. The lowest BCUT2D eigenvalue weighted by Gasteiger charge is -2.25. The zero-order chi connectivity index (χ0) is 8.48. The van der Waals surface area contributed by atoms with Crippen LogP contribution in [0.3, 0.4) is 0 Å². The molecule has 0 radical (unpaired) electrons. The van der Waals surface area contributed by atoms with Crippen LogP contribution >= 0.6 is 0 Å². The summed E-state index contributed by atoms with van der Waals surface area (Å²) >= 11 is 0. The largest absolute Gasteiger partial charge is 0.480 e. The van der Waals surface area contributed by atoms with E-state index in [1.54, 1.807) is 0 Å². The van der Waals surface area contributed by atoms with Gasteiger partial charge in [0, 0.05) is 0 Å². The van der Waals surface area contributed by atoms with Gasteiger partial charge in [-0.1, -0.05) is 12.8 Å². The molecule has 0 spiro atoms. The molecule has 1 saturated carbocycles. The summed E-state index contributed by atoms with van der Waals surface area (Å²) in [6.45, 7) is 0. The Morgan fingerprint density at radius 3 is 2.27 bits per heavy atom. The van der Waals surface area contributed by atoms with Gasteiger partial charge >= 0.3 is 5.97 Å². The molecule has 0 aromatic carbocycles. The summed E-state index contributed by atoms with van der Waals surface area (Å²) in [6, 6.07) is -1.12. The number of aliphatic hydroxyl groups is 1. The molecule has 1 aliphatic rings. The second-order valence-corrected chi connectivity index (χ2v) is 3.13. The van der Waals surface area contributed by atoms with E-state index in [9.17, 15) is 9.90 Å². The van der Waals surface area contributed by atoms with Crippen molar-refractivity contribution >= 4 is 5.97 Å². The predicted octanol–water partition coefficient (Wildman–Crippen LogP) is -0.297. The first-order valence-electron chi connectivity index (χ1n) is 3.77. The molecule has 1 rings (SSSR count). The Hall–Kier alpha value is -0.610. The molecule has 4 nitrogen and oxygen atoms in total. The molecule has 0 saturated heterocycles. The fourth-order valence-electron chi connectivity index (χ4n) is 1.53. The van der Waals surface area contributed by atoms with Crippen molar-refractivity contribution < 1.29 is 15.0 Å². The molecular weight excluding hydrogens is 146 g/mol. The first-order valence-corrected chi connectivity index (χ1v) is 3.77. The molecule has 0 amide bonds. The summed E-state index contributed by atoms with van der Waals surface area (Å²) in [4.78, 5) is 10.4. The van der Waals surface area contributed by atoms with Crippen LogP contribution in [-0.2, 0) is 4.79 Å². The SMILES string of the molecule is NC(C(=O)O)C1(O)CCCC1. The molecule has 0 bridgehead atoms. The van der Waals surface area contributed by atoms with Crippen LogP contribution in [0.25, 0.3) is 0 Å². The van der Waals surface area contributed by atoms with Crippen LogP contribution in [0, 0.1) is 0 Å². The quantitative estimate of drug-likeness (QED) is 0.516. The monoisotopic (exact) mass is 159 g/mol. The van der Waals surface area contributed by atoms with E-state index in [0.717, 1.165) is 12.8 Å². The van der Waals surface area contributed by atoms with Gasteiger partial charge in [0.25, 0.3) is 0 Å². The normalized spacial score (nSPS) is 24.9. The lowest BCUT2D eigenvalue weighted by molar-refractivity contribution is -0.145. The third-order valence-corrected chi connectivity index (χ3v) is 2.31. The molecule has 0 aromatic heterocycles. The number of carboxylic acid groups (broad SMARTS) is 1. The number of carbonyl (C=O) groups is 1. The molecule has 1 fully saturated rings. The minimum Gasteiger partial charge on any atom is -0.480 e. The molecule has 0 aliphatic heterocycles. The minimum atomic E-state index is -1.15. The van der Waals surface area contributed by atoms with Crippen LogP contribution in [0.2, 0.25) is 0 Å². The highest BCUT2D eigenvalue weighted by Crippen LogP contribution is 2.31. The third kappa shape index (κ3) is 1.52. The van der Waals surface area contributed by atoms with Gasteiger partial charge in [-0.05, 0) is 12.8 Å². The van der Waals surface area contributed by atoms with E-state index in [2.05, 4.69) is 0 Å². The Balaban J connectivity index is 2.63. The van der Waals surface area contributed by atoms with Crippen molar-refractivity contribution in [2.75, 3.05) is 0 Å². The van der Waals surface area contributed by atoms with Crippen molar-refractivity contribution in [2.45, 2.75) is 37.3 Å². The summed E-state index contributed by atoms with van der Waals surface area (Å²) in [5, 5.41) is 18.1. The summed E-state index contributed by atoms with van der Waals surface area (Å²) in [5.74, 6) is -1.12. The summed E-state index contributed by atoms with van der Waals surface area (Å²) in [7, 11) is 0. The van der Waals surface area contributed by atoms with E-state index in [4.69, 9.17) is 10.8 Å². The van der Waals surface area contributed by atoms with Gasteiger partial charge in [-0.2, -0.15) is 0 Å². The molecule has 4 N–H and O–H groups in total. The lowest BCUT2D eigenvalue weighted by Crippen LogP contribution is -2.51. The van der Waals surface area contributed by atoms with Gasteiger partial charge < -0.3 is 15.9 Å². The van der Waals surface area contributed by atoms with E-state index < -0.39 is 17.6 Å². The Kier molecular flexibility index (Phi) is 2.15. The zero-order valence-electron chi connectivity index (χ0n) is 6.29. The maximum Gasteiger partial charge on any atom is 0.323 e. The van der Waals surface area contributed by atoms with Gasteiger partial charge in [0.1, 0.15) is 6.04 Å². The first kappa shape index (κ1) is 8.49. The summed E-state index contributed by atoms with van der Waals surface area (Å²) in [5.41, 5.74) is 4.16. The highest BCUT2D eigenvalue weighted by Gasteiger charge is 2.41. The predicted molar refractivity (Wildman–Crippen MR) is 39.0 cm³/mol. The Morgan fingerprint density at radius 1 is 1.45 bits per heavy atom. The third-order valence-electron chi connectivity index (χ3n) is 2.31. The maximum absolute atomic E-state index is 10.4. The Bertz CT molecular complexity index is 163. The van der Waals surface area contributed by atoms with Crippen LogP contribution < -0.4 is 5.73 Å². The Labute approximate surface area is 65.0 Å². The number of carboxylic acids is 1. The molecule has 4 heteroatoms. The van der Waals surface area contributed by atoms with Crippen LogP contribution in [0.1, 0.15) is 25.7 Å². The van der Waals surface area contributed by atoms with Gasteiger partial charge in [0.05, 0.1) is 5.60 Å². The maximum atomic E-state index is 10.4. The second kappa shape index (κ2) is 2.79. The summed E-state index contributed by atoms with van der Waals surface area (Å²) < 4.78 is 0. The van der Waals surface area contributed by atoms with Crippen molar-refractivity contribution in [1.82, 2.24) is 0 Å². The van der Waals surface area contributed by atoms with Crippen molar-refractivity contribution in [3.8, 4) is 0 Å². The number of aliphatic carboxylic acids is 1. The highest BCUT2D eigenvalue weighted by atomic mass is 16.4. The van der Waals surface area contributed by atoms with Crippen LogP contribution in [0.5, 0.6) is 0 Å². The van der Waals surface area contributed by atoms with Crippen molar-refractivity contribution in [1.29, 1.82) is 0 Å². The van der Waals surface area contributed by atoms with Gasteiger partial charge in [-0.25, -0.2) is 0 Å². The highest BCUT2D eigenvalue weighted by molar-refractivity contribution is 5.74. The van der Waals surface area contributed by atoms with E-state index in [1.807, 2.05) is 0 Å².